The van der Waals surface area contributed by atoms with E-state index < -0.39 is 0 Å². The predicted octanol–water partition coefficient (Wildman–Crippen LogP) is 3.72. The summed E-state index contributed by atoms with van der Waals surface area (Å²) in [5, 5.41) is 8.51. The van der Waals surface area contributed by atoms with Gasteiger partial charge in [0, 0.05) is 28.9 Å². The van der Waals surface area contributed by atoms with Crippen molar-refractivity contribution in [3.05, 3.63) is 41.2 Å². The van der Waals surface area contributed by atoms with Crippen molar-refractivity contribution in [2.75, 3.05) is 11.1 Å². The number of halogens is 1. The number of rotatable bonds is 2. The van der Waals surface area contributed by atoms with E-state index in [0.717, 1.165) is 22.9 Å². The van der Waals surface area contributed by atoms with E-state index in [2.05, 4.69) is 22.5 Å². The number of nitrogens with zero attached hydrogens (tertiary/aromatic N) is 2. The zero-order chi connectivity index (χ0) is 12.5. The maximum atomic E-state index is 6.10. The molecule has 0 amide bonds. The van der Waals surface area contributed by atoms with Crippen LogP contribution in [-0.4, -0.2) is 15.5 Å². The van der Waals surface area contributed by atoms with Crippen LogP contribution in [0.25, 0.3) is 0 Å². The van der Waals surface area contributed by atoms with Crippen molar-refractivity contribution >= 4 is 29.1 Å². The van der Waals surface area contributed by atoms with Gasteiger partial charge in [0.05, 0.1) is 17.9 Å². The summed E-state index contributed by atoms with van der Waals surface area (Å²) in [5.74, 6) is 1.13. The minimum Gasteiger partial charge on any atom is -0.376 e. The topological polar surface area (TPSA) is 29.9 Å². The molecule has 1 aliphatic heterocycles. The van der Waals surface area contributed by atoms with Gasteiger partial charge in [-0.1, -0.05) is 11.6 Å². The van der Waals surface area contributed by atoms with E-state index in [4.69, 9.17) is 11.6 Å². The zero-order valence-corrected chi connectivity index (χ0v) is 11.6. The van der Waals surface area contributed by atoms with E-state index in [-0.39, 0.29) is 0 Å². The minimum absolute atomic E-state index is 0.323. The van der Waals surface area contributed by atoms with Gasteiger partial charge >= 0.3 is 0 Å². The summed E-state index contributed by atoms with van der Waals surface area (Å²) in [5.41, 5.74) is 2.35. The first-order valence-electron chi connectivity index (χ1n) is 5.90. The number of aromatic nitrogens is 2. The molecular weight excluding hydrogens is 266 g/mol. The van der Waals surface area contributed by atoms with Crippen molar-refractivity contribution < 1.29 is 0 Å². The van der Waals surface area contributed by atoms with E-state index in [0.29, 0.717) is 6.04 Å². The van der Waals surface area contributed by atoms with Crippen LogP contribution in [-0.2, 0) is 7.05 Å². The van der Waals surface area contributed by atoms with Gasteiger partial charge in [-0.2, -0.15) is 5.10 Å². The second-order valence-electron chi connectivity index (χ2n) is 4.42. The maximum absolute atomic E-state index is 6.10. The lowest BCUT2D eigenvalue weighted by Gasteiger charge is -2.26. The Labute approximate surface area is 116 Å². The molecule has 1 atom stereocenters. The summed E-state index contributed by atoms with van der Waals surface area (Å²) >= 11 is 7.99. The molecule has 1 unspecified atom stereocenters. The van der Waals surface area contributed by atoms with Crippen molar-refractivity contribution in [2.45, 2.75) is 17.4 Å². The molecule has 0 saturated carbocycles. The van der Waals surface area contributed by atoms with Crippen LogP contribution in [0, 0.1) is 0 Å². The first-order valence-corrected chi connectivity index (χ1v) is 7.26. The number of benzene rings is 1. The van der Waals surface area contributed by atoms with E-state index >= 15 is 0 Å². The molecule has 18 heavy (non-hydrogen) atoms. The highest BCUT2D eigenvalue weighted by molar-refractivity contribution is 7.99. The van der Waals surface area contributed by atoms with E-state index in [1.807, 2.05) is 37.3 Å². The number of hydrogen-bond donors (Lipinski definition) is 1. The summed E-state index contributed by atoms with van der Waals surface area (Å²) in [7, 11) is 1.92. The molecule has 2 aromatic rings. The van der Waals surface area contributed by atoms with Gasteiger partial charge in [0.15, 0.2) is 0 Å². The van der Waals surface area contributed by atoms with Gasteiger partial charge in [-0.25, -0.2) is 0 Å². The molecule has 0 bridgehead atoms. The molecule has 3 rings (SSSR count). The summed E-state index contributed by atoms with van der Waals surface area (Å²) in [6.07, 6.45) is 4.95. The van der Waals surface area contributed by atoms with Gasteiger partial charge in [-0.15, -0.1) is 11.8 Å². The Hall–Kier alpha value is -1.13. The molecule has 1 aromatic carbocycles. The SMILES string of the molecule is Cn1cc(NC2CCSc3ccc(Cl)cc32)cn1. The maximum Gasteiger partial charge on any atom is 0.0731 e. The predicted molar refractivity (Wildman–Crippen MR) is 76.4 cm³/mol. The fraction of sp³-hybridized carbons (Fsp3) is 0.308. The molecule has 0 aliphatic carbocycles. The van der Waals surface area contributed by atoms with Gasteiger partial charge in [0.2, 0.25) is 0 Å². The monoisotopic (exact) mass is 279 g/mol. The largest absolute Gasteiger partial charge is 0.376 e. The smallest absolute Gasteiger partial charge is 0.0731 e. The second kappa shape index (κ2) is 4.86. The van der Waals surface area contributed by atoms with E-state index in [1.165, 1.54) is 10.5 Å². The standard InChI is InChI=1S/C13H14ClN3S/c1-17-8-10(7-15-17)16-12-4-5-18-13-3-2-9(14)6-11(12)13/h2-3,6-8,12,16H,4-5H2,1H3. The lowest BCUT2D eigenvalue weighted by molar-refractivity contribution is 0.728. The third-order valence-corrected chi connectivity index (χ3v) is 4.41. The van der Waals surface area contributed by atoms with Gasteiger partial charge in [-0.3, -0.25) is 4.68 Å². The van der Waals surface area contributed by atoms with Crippen LogP contribution in [0.4, 0.5) is 5.69 Å². The Morgan fingerprint density at radius 2 is 2.39 bits per heavy atom. The highest BCUT2D eigenvalue weighted by atomic mass is 35.5. The van der Waals surface area contributed by atoms with Crippen LogP contribution in [0.15, 0.2) is 35.5 Å². The summed E-state index contributed by atoms with van der Waals surface area (Å²) in [6.45, 7) is 0. The average molecular weight is 280 g/mol. The van der Waals surface area contributed by atoms with E-state index in [1.54, 1.807) is 4.68 Å². The molecule has 3 nitrogen and oxygen atoms in total. The van der Waals surface area contributed by atoms with Gasteiger partial charge in [0.1, 0.15) is 0 Å². The Morgan fingerprint density at radius 1 is 1.50 bits per heavy atom. The zero-order valence-electron chi connectivity index (χ0n) is 10.1. The first-order chi connectivity index (χ1) is 8.72. The average Bonchev–Trinajstić information content (AvgIpc) is 2.76. The number of nitrogens with one attached hydrogen (secondary N) is 1. The fourth-order valence-corrected chi connectivity index (χ4v) is 3.50. The third-order valence-electron chi connectivity index (χ3n) is 3.06. The molecule has 1 N–H and O–H groups in total. The molecule has 94 valence electrons. The summed E-state index contributed by atoms with van der Waals surface area (Å²) < 4.78 is 1.80. The summed E-state index contributed by atoms with van der Waals surface area (Å²) in [6, 6.07) is 6.46. The Morgan fingerprint density at radius 3 is 3.17 bits per heavy atom. The quantitative estimate of drug-likeness (QED) is 0.909. The van der Waals surface area contributed by atoms with Crippen LogP contribution in [0.2, 0.25) is 5.02 Å². The summed E-state index contributed by atoms with van der Waals surface area (Å²) in [4.78, 5) is 1.33. The Bertz CT molecular complexity index is 567. The Kier molecular flexibility index (Phi) is 3.22. The molecule has 1 aliphatic rings. The van der Waals surface area contributed by atoms with Gasteiger partial charge < -0.3 is 5.32 Å². The Balaban J connectivity index is 1.88. The van der Waals surface area contributed by atoms with Crippen molar-refractivity contribution in [1.82, 2.24) is 9.78 Å². The first kappa shape index (κ1) is 11.9. The molecule has 1 aromatic heterocycles. The van der Waals surface area contributed by atoms with Gasteiger partial charge in [-0.05, 0) is 30.2 Å². The van der Waals surface area contributed by atoms with Crippen molar-refractivity contribution in [3.63, 3.8) is 0 Å². The lowest BCUT2D eigenvalue weighted by atomic mass is 10.0. The second-order valence-corrected chi connectivity index (χ2v) is 5.99. The molecule has 0 spiro atoms. The molecule has 2 heterocycles. The van der Waals surface area contributed by atoms with Crippen LogP contribution in [0.3, 0.4) is 0 Å². The molecule has 0 radical (unpaired) electrons. The highest BCUT2D eigenvalue weighted by Gasteiger charge is 2.21. The number of hydrogen-bond acceptors (Lipinski definition) is 3. The highest BCUT2D eigenvalue weighted by Crippen LogP contribution is 2.39. The van der Waals surface area contributed by atoms with Crippen LogP contribution >= 0.6 is 23.4 Å². The van der Waals surface area contributed by atoms with E-state index in [9.17, 15) is 0 Å². The number of fused-ring (bicyclic) bond motifs is 1. The number of thioether (sulfide) groups is 1. The van der Waals surface area contributed by atoms with Crippen LogP contribution < -0.4 is 5.32 Å². The minimum atomic E-state index is 0.323. The van der Waals surface area contributed by atoms with Crippen LogP contribution in [0.1, 0.15) is 18.0 Å². The van der Waals surface area contributed by atoms with Crippen LogP contribution in [0.5, 0.6) is 0 Å². The number of aryl methyl sites for hydroxylation is 1. The fourth-order valence-electron chi connectivity index (χ4n) is 2.21. The molecule has 5 heteroatoms. The lowest BCUT2D eigenvalue weighted by Crippen LogP contribution is -2.15. The van der Waals surface area contributed by atoms with Crippen molar-refractivity contribution in [3.8, 4) is 0 Å². The van der Waals surface area contributed by atoms with Crippen molar-refractivity contribution in [2.24, 2.45) is 7.05 Å². The normalized spacial score (nSPS) is 18.4. The molecule has 0 saturated heterocycles. The third kappa shape index (κ3) is 2.35. The van der Waals surface area contributed by atoms with Crippen molar-refractivity contribution in [1.29, 1.82) is 0 Å². The molecule has 0 fully saturated rings. The number of anilines is 1. The van der Waals surface area contributed by atoms with Gasteiger partial charge in [0.25, 0.3) is 0 Å². The molecular formula is C13H14ClN3S.